The van der Waals surface area contributed by atoms with Gasteiger partial charge in [-0.1, -0.05) is 473 Å². The van der Waals surface area contributed by atoms with Crippen molar-refractivity contribution in [2.75, 3.05) is 9.80 Å². The maximum absolute atomic E-state index is 2.38. The van der Waals surface area contributed by atoms with E-state index < -0.39 is 0 Å². The summed E-state index contributed by atoms with van der Waals surface area (Å²) in [6, 6.07) is 213. The second-order valence-corrected chi connectivity index (χ2v) is 38.1. The lowest BCUT2D eigenvalue weighted by molar-refractivity contribution is 1.28. The Bertz CT molecular complexity index is 8730. The monoisotopic (exact) mass is 1850 g/mol. The van der Waals surface area contributed by atoms with Gasteiger partial charge in [0, 0.05) is 34.1 Å². The van der Waals surface area contributed by atoms with Gasteiger partial charge in [-0.25, -0.2) is 0 Å². The quantitative estimate of drug-likeness (QED) is 0.0845. The second-order valence-electron chi connectivity index (χ2n) is 38.1. The molecule has 0 fully saturated rings. The fraction of sp³-hybridized carbons (Fsp3) is 0. The number of fused-ring (bicyclic) bond motifs is 9. The fourth-order valence-electron chi connectivity index (χ4n) is 22.2. The summed E-state index contributed by atoms with van der Waals surface area (Å²) in [6.07, 6.45) is 0. The van der Waals surface area contributed by atoms with Crippen molar-refractivity contribution in [3.8, 4) is 134 Å². The van der Waals surface area contributed by atoms with Crippen molar-refractivity contribution >= 4 is 131 Å². The molecule has 146 heavy (non-hydrogen) atoms. The van der Waals surface area contributed by atoms with Gasteiger partial charge >= 0.3 is 0 Å². The van der Waals surface area contributed by atoms with Gasteiger partial charge in [-0.2, -0.15) is 0 Å². The van der Waals surface area contributed by atoms with Gasteiger partial charge in [-0.05, 0) is 340 Å². The zero-order chi connectivity index (χ0) is 96.7. The van der Waals surface area contributed by atoms with Gasteiger partial charge in [-0.15, -0.1) is 0 Å². The molecule has 0 saturated heterocycles. The zero-order valence-corrected chi connectivity index (χ0v) is 80.3. The first-order chi connectivity index (χ1) is 72.3. The molecule has 682 valence electrons. The average Bonchev–Trinajstić information content (AvgIpc) is 0.584. The molecule has 0 aromatic heterocycles. The summed E-state index contributed by atoms with van der Waals surface area (Å²) in [5, 5.41) is 22.4. The topological polar surface area (TPSA) is 6.48 Å². The van der Waals surface area contributed by atoms with Crippen LogP contribution in [0.4, 0.5) is 34.1 Å². The minimum absolute atomic E-state index is 1.08. The number of nitrogens with zero attached hydrogens (tertiary/aromatic N) is 2. The summed E-state index contributed by atoms with van der Waals surface area (Å²) in [6.45, 7) is 0. The first-order valence-electron chi connectivity index (χ1n) is 50.4. The highest BCUT2D eigenvalue weighted by Crippen LogP contribution is 2.48. The minimum atomic E-state index is 1.08. The summed E-state index contributed by atoms with van der Waals surface area (Å²) < 4.78 is 0. The summed E-state index contributed by atoms with van der Waals surface area (Å²) in [4.78, 5) is 4.76. The van der Waals surface area contributed by atoms with E-state index in [-0.39, 0.29) is 0 Å². The highest BCUT2D eigenvalue weighted by Gasteiger charge is 2.22. The third kappa shape index (κ3) is 16.8. The van der Waals surface area contributed by atoms with Gasteiger partial charge in [0.25, 0.3) is 0 Å². The van der Waals surface area contributed by atoms with Gasteiger partial charge in [-0.3, -0.25) is 0 Å². The Morgan fingerprint density at radius 1 is 0.0822 bits per heavy atom. The van der Waals surface area contributed by atoms with Crippen LogP contribution in [0, 0.1) is 0 Å². The molecule has 0 aliphatic rings. The number of hydrogen-bond acceptors (Lipinski definition) is 2. The highest BCUT2D eigenvalue weighted by molar-refractivity contribution is 6.10. The summed E-state index contributed by atoms with van der Waals surface area (Å²) in [7, 11) is 0. The molecule has 0 heterocycles. The molecule has 0 spiro atoms. The lowest BCUT2D eigenvalue weighted by atomic mass is 9.92. The number of hydrogen-bond donors (Lipinski definition) is 0. The van der Waals surface area contributed by atoms with Crippen LogP contribution < -0.4 is 9.80 Å². The van der Waals surface area contributed by atoms with Crippen molar-refractivity contribution in [2.24, 2.45) is 0 Å². The molecule has 0 aliphatic carbocycles. The zero-order valence-electron chi connectivity index (χ0n) is 80.3. The Kier molecular flexibility index (Phi) is 22.8. The van der Waals surface area contributed by atoms with Crippen molar-refractivity contribution < 1.29 is 0 Å². The van der Waals surface area contributed by atoms with Crippen LogP contribution in [0.25, 0.3) is 230 Å². The first-order valence-corrected chi connectivity index (χ1v) is 50.4. The molecule has 2 nitrogen and oxygen atoms in total. The summed E-state index contributed by atoms with van der Waals surface area (Å²) >= 11 is 0. The molecular formula is C144H96N2. The molecule has 2 heteroatoms. The predicted molar refractivity (Wildman–Crippen MR) is 625 cm³/mol. The molecular weight excluding hydrogens is 1760 g/mol. The Hall–Kier alpha value is -19.1. The standard InChI is InChI=1S/C78H51N.C66H45N/c1-4-13-58-46-61(25-22-52(58)10-1)64-34-43-76-67(49-64)16-7-19-73(76)55-28-37-70(38-29-55)79(71-39-30-56(31-40-71)74-20-8-17-68-50-65(35-44-77(68)74)62-26-23-53-11-2-5-14-59(53)47-62)72-41-32-57(33-42-72)75-21-9-18-69-51-66(36-45-78(69)75)63-27-24-54-12-3-6-15-60(54)48-63;1-4-16-46(17-5-1)55-22-10-31-64-58(25-13-28-61(55)64)49-34-40-52(41-35-49)67(53-42-36-50(37-43-53)59-26-14-29-62-56(23-11-32-65(59)62)47-18-6-2-7-19-47)54-44-38-51(39-45-54)60-27-15-30-63-57(24-12-33-66(60)63)48-20-8-3-9-21-48/h1-51H;1-45H. The molecule has 0 N–H and O–H groups in total. The van der Waals surface area contributed by atoms with Gasteiger partial charge in [0.05, 0.1) is 0 Å². The van der Waals surface area contributed by atoms with Crippen molar-refractivity contribution in [1.82, 2.24) is 0 Å². The Balaban J connectivity index is 0.000000150. The third-order valence-electron chi connectivity index (χ3n) is 29.5. The molecule has 27 aromatic rings. The molecule has 0 atom stereocenters. The highest BCUT2D eigenvalue weighted by atomic mass is 15.1. The van der Waals surface area contributed by atoms with E-state index in [4.69, 9.17) is 0 Å². The Labute approximate surface area is 850 Å². The van der Waals surface area contributed by atoms with Crippen LogP contribution in [-0.2, 0) is 0 Å². The third-order valence-corrected chi connectivity index (χ3v) is 29.5. The average molecular weight is 1850 g/mol. The van der Waals surface area contributed by atoms with Gasteiger partial charge in [0.2, 0.25) is 0 Å². The normalized spacial score (nSPS) is 11.4. The molecule has 0 radical (unpaired) electrons. The second kappa shape index (κ2) is 38.1. The van der Waals surface area contributed by atoms with E-state index in [0.717, 1.165) is 34.1 Å². The van der Waals surface area contributed by atoms with E-state index in [2.05, 4.69) is 592 Å². The van der Waals surface area contributed by atoms with E-state index in [0.29, 0.717) is 0 Å². The van der Waals surface area contributed by atoms with E-state index in [1.165, 1.54) is 230 Å². The number of benzene rings is 27. The van der Waals surface area contributed by atoms with Crippen LogP contribution in [0.5, 0.6) is 0 Å². The lowest BCUT2D eigenvalue weighted by Gasteiger charge is -2.26. The number of anilines is 6. The molecule has 27 rings (SSSR count). The molecule has 27 aromatic carbocycles. The van der Waals surface area contributed by atoms with Crippen molar-refractivity contribution in [2.45, 2.75) is 0 Å². The smallest absolute Gasteiger partial charge is 0.0462 e. The predicted octanol–water partition coefficient (Wildman–Crippen LogP) is 40.7. The SMILES string of the molecule is c1ccc(-c2cccc3c(-c4ccc(N(c5ccc(-c6cccc7c(-c8ccccc8)cccc67)cc5)c5ccc(-c6cccc7c(-c8ccccc8)cccc67)cc5)cc4)cccc23)cc1.c1ccc2cc(-c3ccc4c(-c5ccc(N(c6ccc(-c7cccc8cc(-c9ccc%10ccccc%10c9)ccc78)cc6)c6ccc(-c7cccc8cc(-c9ccc%10ccccc%10c9)ccc78)cc6)cc5)cccc4c3)ccc2c1. The molecule has 0 bridgehead atoms. The molecule has 0 unspecified atom stereocenters. The first kappa shape index (κ1) is 87.2. The lowest BCUT2D eigenvalue weighted by Crippen LogP contribution is -2.09. The Morgan fingerprint density at radius 2 is 0.233 bits per heavy atom. The van der Waals surface area contributed by atoms with E-state index in [1.807, 2.05) is 0 Å². The fourth-order valence-corrected chi connectivity index (χ4v) is 22.2. The van der Waals surface area contributed by atoms with Crippen LogP contribution >= 0.6 is 0 Å². The van der Waals surface area contributed by atoms with Gasteiger partial charge < -0.3 is 9.80 Å². The molecule has 0 amide bonds. The van der Waals surface area contributed by atoms with Crippen LogP contribution in [0.1, 0.15) is 0 Å². The van der Waals surface area contributed by atoms with Crippen molar-refractivity contribution in [1.29, 1.82) is 0 Å². The van der Waals surface area contributed by atoms with E-state index in [9.17, 15) is 0 Å². The maximum atomic E-state index is 2.38. The summed E-state index contributed by atoms with van der Waals surface area (Å²) in [5.41, 5.74) is 35.7. The van der Waals surface area contributed by atoms with Crippen LogP contribution in [0.3, 0.4) is 0 Å². The maximum Gasteiger partial charge on any atom is 0.0462 e. The van der Waals surface area contributed by atoms with E-state index >= 15 is 0 Å². The van der Waals surface area contributed by atoms with Gasteiger partial charge in [0.15, 0.2) is 0 Å². The van der Waals surface area contributed by atoms with Crippen molar-refractivity contribution in [3.63, 3.8) is 0 Å². The van der Waals surface area contributed by atoms with Crippen LogP contribution in [-0.4, -0.2) is 0 Å². The molecule has 0 aliphatic heterocycles. The largest absolute Gasteiger partial charge is 0.311 e. The van der Waals surface area contributed by atoms with Gasteiger partial charge in [0.1, 0.15) is 0 Å². The van der Waals surface area contributed by atoms with Crippen LogP contribution in [0.2, 0.25) is 0 Å². The van der Waals surface area contributed by atoms with E-state index in [1.54, 1.807) is 0 Å². The van der Waals surface area contributed by atoms with Crippen LogP contribution in [0.15, 0.2) is 582 Å². The molecule has 0 saturated carbocycles. The van der Waals surface area contributed by atoms with Crippen molar-refractivity contribution in [3.05, 3.63) is 582 Å². The minimum Gasteiger partial charge on any atom is -0.311 e. The number of rotatable bonds is 18. The summed E-state index contributed by atoms with van der Waals surface area (Å²) in [5.74, 6) is 0. The Morgan fingerprint density at radius 3 is 0.445 bits per heavy atom.